The standard InChI is InChI=1S/C17H31N/c1-5-15(3)9-7-11-17(6-2)12-8-10-16(4)13-14-18/h8-10,13,17H,5-7,11-12,14,18H2,1-4H3. The van der Waals surface area contributed by atoms with Gasteiger partial charge in [0.1, 0.15) is 0 Å². The molecule has 0 aromatic carbocycles. The summed E-state index contributed by atoms with van der Waals surface area (Å²) in [5.74, 6) is 0.813. The lowest BCUT2D eigenvalue weighted by Crippen LogP contribution is -1.97. The van der Waals surface area contributed by atoms with Crippen molar-refractivity contribution in [3.05, 3.63) is 35.5 Å². The molecule has 0 aliphatic heterocycles. The van der Waals surface area contributed by atoms with Gasteiger partial charge < -0.3 is 5.73 Å². The Kier molecular flexibility index (Phi) is 10.8. The normalized spacial score (nSPS) is 15.4. The molecule has 104 valence electrons. The minimum atomic E-state index is 0.633. The lowest BCUT2D eigenvalue weighted by molar-refractivity contribution is 0.480. The number of hydrogen-bond acceptors (Lipinski definition) is 1. The Hall–Kier alpha value is -0.820. The second-order valence-corrected chi connectivity index (χ2v) is 5.08. The summed E-state index contributed by atoms with van der Waals surface area (Å²) in [6, 6.07) is 0. The van der Waals surface area contributed by atoms with Crippen LogP contribution in [0.3, 0.4) is 0 Å². The third-order valence-electron chi connectivity index (χ3n) is 3.49. The van der Waals surface area contributed by atoms with Crippen molar-refractivity contribution in [2.75, 3.05) is 6.54 Å². The SMILES string of the molecule is CCC(C)=CCCC(CC)CC=CC(C)=CCN. The van der Waals surface area contributed by atoms with E-state index in [-0.39, 0.29) is 0 Å². The van der Waals surface area contributed by atoms with Gasteiger partial charge in [-0.2, -0.15) is 0 Å². The maximum Gasteiger partial charge on any atom is 0.0112 e. The maximum absolute atomic E-state index is 5.48. The molecule has 18 heavy (non-hydrogen) atoms. The van der Waals surface area contributed by atoms with Crippen molar-refractivity contribution in [2.24, 2.45) is 11.7 Å². The van der Waals surface area contributed by atoms with E-state index in [1.54, 1.807) is 0 Å². The van der Waals surface area contributed by atoms with Crippen molar-refractivity contribution in [1.82, 2.24) is 0 Å². The highest BCUT2D eigenvalue weighted by atomic mass is 14.5. The first kappa shape index (κ1) is 17.2. The number of nitrogens with two attached hydrogens (primary N) is 1. The van der Waals surface area contributed by atoms with Gasteiger partial charge in [-0.25, -0.2) is 0 Å². The van der Waals surface area contributed by atoms with E-state index in [2.05, 4.69) is 52.0 Å². The molecule has 0 bridgehead atoms. The molecule has 0 radical (unpaired) electrons. The van der Waals surface area contributed by atoms with E-state index in [0.29, 0.717) is 6.54 Å². The van der Waals surface area contributed by atoms with Crippen LogP contribution in [0, 0.1) is 5.92 Å². The smallest absolute Gasteiger partial charge is 0.0112 e. The fourth-order valence-electron chi connectivity index (χ4n) is 1.90. The van der Waals surface area contributed by atoms with Crippen molar-refractivity contribution in [3.63, 3.8) is 0 Å². The molecule has 0 fully saturated rings. The second kappa shape index (κ2) is 11.3. The Balaban J connectivity index is 4.01. The number of hydrogen-bond donors (Lipinski definition) is 1. The summed E-state index contributed by atoms with van der Waals surface area (Å²) in [4.78, 5) is 0. The van der Waals surface area contributed by atoms with Gasteiger partial charge in [0.25, 0.3) is 0 Å². The molecule has 0 aliphatic rings. The lowest BCUT2D eigenvalue weighted by atomic mass is 9.95. The van der Waals surface area contributed by atoms with Gasteiger partial charge in [-0.1, -0.05) is 55.7 Å². The molecule has 0 aliphatic carbocycles. The molecule has 0 heterocycles. The number of allylic oxidation sites excluding steroid dienone is 5. The predicted octanol–water partition coefficient (Wildman–Crippen LogP) is 5.00. The van der Waals surface area contributed by atoms with Gasteiger partial charge in [-0.05, 0) is 45.4 Å². The average Bonchev–Trinajstić information content (AvgIpc) is 2.36. The largest absolute Gasteiger partial charge is 0.327 e. The van der Waals surface area contributed by atoms with Gasteiger partial charge in [-0.15, -0.1) is 0 Å². The van der Waals surface area contributed by atoms with E-state index in [4.69, 9.17) is 5.73 Å². The Morgan fingerprint density at radius 2 is 1.89 bits per heavy atom. The van der Waals surface area contributed by atoms with Gasteiger partial charge in [-0.3, -0.25) is 0 Å². The summed E-state index contributed by atoms with van der Waals surface area (Å²) in [6.07, 6.45) is 15.1. The third-order valence-corrected chi connectivity index (χ3v) is 3.49. The highest BCUT2D eigenvalue weighted by molar-refractivity contribution is 5.16. The summed E-state index contributed by atoms with van der Waals surface area (Å²) in [5, 5.41) is 0. The monoisotopic (exact) mass is 249 g/mol. The summed E-state index contributed by atoms with van der Waals surface area (Å²) in [5.41, 5.74) is 8.27. The molecule has 0 rings (SSSR count). The lowest BCUT2D eigenvalue weighted by Gasteiger charge is -2.11. The zero-order valence-electron chi connectivity index (χ0n) is 12.7. The molecule has 0 amide bonds. The fraction of sp³-hybridized carbons (Fsp3) is 0.647. The van der Waals surface area contributed by atoms with Crippen LogP contribution < -0.4 is 5.73 Å². The van der Waals surface area contributed by atoms with Gasteiger partial charge >= 0.3 is 0 Å². The Morgan fingerprint density at radius 1 is 1.17 bits per heavy atom. The summed E-state index contributed by atoms with van der Waals surface area (Å²) in [7, 11) is 0. The number of rotatable bonds is 9. The average molecular weight is 249 g/mol. The van der Waals surface area contributed by atoms with Gasteiger partial charge in [0.15, 0.2) is 0 Å². The Morgan fingerprint density at radius 3 is 2.44 bits per heavy atom. The van der Waals surface area contributed by atoms with Crippen molar-refractivity contribution >= 4 is 0 Å². The maximum atomic E-state index is 5.48. The minimum absolute atomic E-state index is 0.633. The molecule has 2 N–H and O–H groups in total. The summed E-state index contributed by atoms with van der Waals surface area (Å²) >= 11 is 0. The van der Waals surface area contributed by atoms with E-state index < -0.39 is 0 Å². The van der Waals surface area contributed by atoms with Crippen LogP contribution in [0.25, 0.3) is 0 Å². The third kappa shape index (κ3) is 9.23. The van der Waals surface area contributed by atoms with Gasteiger partial charge in [0, 0.05) is 6.54 Å². The van der Waals surface area contributed by atoms with Crippen molar-refractivity contribution in [2.45, 2.75) is 59.8 Å². The first-order valence-electron chi connectivity index (χ1n) is 7.32. The van der Waals surface area contributed by atoms with Crippen LogP contribution in [0.1, 0.15) is 59.8 Å². The van der Waals surface area contributed by atoms with Crippen LogP contribution in [0.15, 0.2) is 35.5 Å². The molecule has 1 atom stereocenters. The Labute approximate surface area is 114 Å². The molecular weight excluding hydrogens is 218 g/mol. The molecule has 0 aromatic rings. The molecule has 0 aromatic heterocycles. The van der Waals surface area contributed by atoms with E-state index in [9.17, 15) is 0 Å². The van der Waals surface area contributed by atoms with Crippen LogP contribution in [0.5, 0.6) is 0 Å². The zero-order valence-corrected chi connectivity index (χ0v) is 12.7. The van der Waals surface area contributed by atoms with Crippen LogP contribution in [0.2, 0.25) is 0 Å². The topological polar surface area (TPSA) is 26.0 Å². The highest BCUT2D eigenvalue weighted by Gasteiger charge is 2.02. The van der Waals surface area contributed by atoms with Crippen LogP contribution in [0.4, 0.5) is 0 Å². The predicted molar refractivity (Wildman–Crippen MR) is 83.6 cm³/mol. The molecule has 1 unspecified atom stereocenters. The molecule has 0 saturated heterocycles. The summed E-state index contributed by atoms with van der Waals surface area (Å²) in [6.45, 7) is 9.48. The van der Waals surface area contributed by atoms with Crippen molar-refractivity contribution in [1.29, 1.82) is 0 Å². The van der Waals surface area contributed by atoms with Crippen LogP contribution >= 0.6 is 0 Å². The van der Waals surface area contributed by atoms with Gasteiger partial charge in [0.05, 0.1) is 0 Å². The second-order valence-electron chi connectivity index (χ2n) is 5.08. The van der Waals surface area contributed by atoms with E-state index >= 15 is 0 Å². The van der Waals surface area contributed by atoms with Crippen LogP contribution in [-0.4, -0.2) is 6.54 Å². The first-order valence-corrected chi connectivity index (χ1v) is 7.32. The molecule has 1 nitrogen and oxygen atoms in total. The molecular formula is C17H31N. The van der Waals surface area contributed by atoms with E-state index in [0.717, 1.165) is 5.92 Å². The van der Waals surface area contributed by atoms with Crippen molar-refractivity contribution in [3.8, 4) is 0 Å². The summed E-state index contributed by atoms with van der Waals surface area (Å²) < 4.78 is 0. The van der Waals surface area contributed by atoms with Gasteiger partial charge in [0.2, 0.25) is 0 Å². The van der Waals surface area contributed by atoms with E-state index in [1.807, 2.05) is 0 Å². The minimum Gasteiger partial charge on any atom is -0.327 e. The molecule has 1 heteroatoms. The first-order chi connectivity index (χ1) is 8.63. The highest BCUT2D eigenvalue weighted by Crippen LogP contribution is 2.17. The van der Waals surface area contributed by atoms with Crippen molar-refractivity contribution < 1.29 is 0 Å². The zero-order chi connectivity index (χ0) is 13.8. The van der Waals surface area contributed by atoms with Crippen LogP contribution in [-0.2, 0) is 0 Å². The van der Waals surface area contributed by atoms with E-state index in [1.165, 1.54) is 43.3 Å². The molecule has 0 saturated carbocycles. The fourth-order valence-corrected chi connectivity index (χ4v) is 1.90. The quantitative estimate of drug-likeness (QED) is 0.451. The molecule has 0 spiro atoms. The Bertz CT molecular complexity index is 284.